The summed E-state index contributed by atoms with van der Waals surface area (Å²) in [6, 6.07) is 17.2. The number of hydrazone groups is 1. The van der Waals surface area contributed by atoms with Crippen molar-refractivity contribution in [2.75, 3.05) is 19.1 Å². The van der Waals surface area contributed by atoms with Crippen molar-refractivity contribution < 1.29 is 9.47 Å². The molecule has 6 nitrogen and oxygen atoms in total. The van der Waals surface area contributed by atoms with Gasteiger partial charge in [-0.1, -0.05) is 18.2 Å². The molecule has 0 saturated carbocycles. The Labute approximate surface area is 151 Å². The first-order chi connectivity index (χ1) is 12.7. The van der Waals surface area contributed by atoms with Crippen LogP contribution >= 0.6 is 0 Å². The second kappa shape index (κ2) is 7.99. The second-order valence-corrected chi connectivity index (χ2v) is 5.57. The number of pyridine rings is 1. The van der Waals surface area contributed by atoms with E-state index >= 15 is 0 Å². The van der Waals surface area contributed by atoms with Crippen molar-refractivity contribution in [3.8, 4) is 17.6 Å². The number of aromatic nitrogens is 1. The average Bonchev–Trinajstić information content (AvgIpc) is 2.67. The van der Waals surface area contributed by atoms with Gasteiger partial charge in [0.25, 0.3) is 0 Å². The zero-order valence-electron chi connectivity index (χ0n) is 14.6. The third-order valence-corrected chi connectivity index (χ3v) is 3.80. The lowest BCUT2D eigenvalue weighted by atomic mass is 10.1. The van der Waals surface area contributed by atoms with Crippen LogP contribution in [0.2, 0.25) is 0 Å². The molecule has 3 aromatic rings. The Bertz CT molecular complexity index is 993. The van der Waals surface area contributed by atoms with E-state index in [0.717, 1.165) is 22.0 Å². The molecule has 0 spiro atoms. The molecule has 26 heavy (non-hydrogen) atoms. The largest absolute Gasteiger partial charge is 0.493 e. The number of nitrogens with zero attached hydrogens (tertiary/aromatic N) is 3. The fourth-order valence-corrected chi connectivity index (χ4v) is 2.57. The molecule has 0 atom stereocenters. The number of hydrogen-bond acceptors (Lipinski definition) is 6. The lowest BCUT2D eigenvalue weighted by Gasteiger charge is -2.08. The molecule has 0 aliphatic heterocycles. The van der Waals surface area contributed by atoms with E-state index in [4.69, 9.17) is 14.7 Å². The maximum Gasteiger partial charge on any atom is 0.174 e. The molecule has 2 aromatic carbocycles. The zero-order chi connectivity index (χ0) is 18.4. The molecule has 0 aliphatic rings. The first-order valence-electron chi connectivity index (χ1n) is 8.04. The summed E-state index contributed by atoms with van der Waals surface area (Å²) in [7, 11) is 1.55. The molecule has 0 aliphatic carbocycles. The maximum absolute atomic E-state index is 8.60. The quantitative estimate of drug-likeness (QED) is 0.541. The molecule has 0 unspecified atom stereocenters. The topological polar surface area (TPSA) is 79.5 Å². The number of benzene rings is 2. The van der Waals surface area contributed by atoms with Crippen LogP contribution in [0.15, 0.2) is 53.6 Å². The van der Waals surface area contributed by atoms with E-state index in [1.165, 1.54) is 0 Å². The Morgan fingerprint density at radius 1 is 1.19 bits per heavy atom. The van der Waals surface area contributed by atoms with Crippen LogP contribution in [-0.4, -0.2) is 24.9 Å². The van der Waals surface area contributed by atoms with E-state index < -0.39 is 0 Å². The highest BCUT2D eigenvalue weighted by molar-refractivity contribution is 5.84. The summed E-state index contributed by atoms with van der Waals surface area (Å²) in [6.45, 7) is 2.02. The highest BCUT2D eigenvalue weighted by Crippen LogP contribution is 2.27. The van der Waals surface area contributed by atoms with Crippen molar-refractivity contribution in [2.24, 2.45) is 5.10 Å². The smallest absolute Gasteiger partial charge is 0.174 e. The average molecular weight is 346 g/mol. The molecular weight excluding hydrogens is 328 g/mol. The number of hydrogen-bond donors (Lipinski definition) is 1. The van der Waals surface area contributed by atoms with Crippen LogP contribution in [0.3, 0.4) is 0 Å². The minimum atomic E-state index is -0.0294. The van der Waals surface area contributed by atoms with Crippen molar-refractivity contribution in [3.63, 3.8) is 0 Å². The van der Waals surface area contributed by atoms with Gasteiger partial charge in [0, 0.05) is 5.39 Å². The molecule has 0 saturated heterocycles. The molecule has 0 fully saturated rings. The standard InChI is InChI=1S/C20H18N4O2/c1-14-11-20(23-17-6-4-3-5-16(14)17)24-22-13-15-7-8-18(26-10-9-21)19(12-15)25-2/h3-8,11-13H,10H2,1-2H3,(H,23,24)/b22-13+. The van der Waals surface area contributed by atoms with Crippen LogP contribution in [0.25, 0.3) is 10.9 Å². The number of fused-ring (bicyclic) bond motifs is 1. The van der Waals surface area contributed by atoms with Gasteiger partial charge in [-0.3, -0.25) is 5.43 Å². The van der Waals surface area contributed by atoms with E-state index in [0.29, 0.717) is 17.3 Å². The molecule has 130 valence electrons. The number of para-hydroxylation sites is 1. The van der Waals surface area contributed by atoms with Gasteiger partial charge in [-0.15, -0.1) is 0 Å². The van der Waals surface area contributed by atoms with E-state index in [9.17, 15) is 0 Å². The van der Waals surface area contributed by atoms with Gasteiger partial charge < -0.3 is 9.47 Å². The molecule has 3 rings (SSSR count). The number of aryl methyl sites for hydroxylation is 1. The Morgan fingerprint density at radius 2 is 2.04 bits per heavy atom. The van der Waals surface area contributed by atoms with Crippen LogP contribution in [0.5, 0.6) is 11.5 Å². The SMILES string of the molecule is COc1cc(/C=N/Nc2cc(C)c3ccccc3n2)ccc1OCC#N. The fourth-order valence-electron chi connectivity index (χ4n) is 2.57. The summed E-state index contributed by atoms with van der Waals surface area (Å²) in [5.74, 6) is 1.74. The number of methoxy groups -OCH3 is 1. The minimum Gasteiger partial charge on any atom is -0.493 e. The summed E-state index contributed by atoms with van der Waals surface area (Å²) in [5.41, 5.74) is 5.84. The Hall–Kier alpha value is -3.59. The molecule has 6 heteroatoms. The third kappa shape index (κ3) is 3.90. The normalized spacial score (nSPS) is 10.7. The summed E-state index contributed by atoms with van der Waals surface area (Å²) < 4.78 is 10.6. The van der Waals surface area contributed by atoms with Crippen LogP contribution in [-0.2, 0) is 0 Å². The van der Waals surface area contributed by atoms with E-state index in [-0.39, 0.29) is 6.61 Å². The van der Waals surface area contributed by atoms with Gasteiger partial charge in [-0.2, -0.15) is 10.4 Å². The molecule has 0 radical (unpaired) electrons. The van der Waals surface area contributed by atoms with Crippen LogP contribution in [0.4, 0.5) is 5.82 Å². The first kappa shape index (κ1) is 17.2. The van der Waals surface area contributed by atoms with Crippen molar-refractivity contribution in [3.05, 3.63) is 59.7 Å². The second-order valence-electron chi connectivity index (χ2n) is 5.57. The fraction of sp³-hybridized carbons (Fsp3) is 0.150. The monoisotopic (exact) mass is 346 g/mol. The van der Waals surface area contributed by atoms with Crippen molar-refractivity contribution in [1.82, 2.24) is 4.98 Å². The van der Waals surface area contributed by atoms with Crippen LogP contribution in [0.1, 0.15) is 11.1 Å². The van der Waals surface area contributed by atoms with Gasteiger partial charge in [0.2, 0.25) is 0 Å². The Kier molecular flexibility index (Phi) is 5.30. The lowest BCUT2D eigenvalue weighted by molar-refractivity contribution is 0.329. The van der Waals surface area contributed by atoms with Gasteiger partial charge in [0.05, 0.1) is 18.8 Å². The highest BCUT2D eigenvalue weighted by atomic mass is 16.5. The summed E-state index contributed by atoms with van der Waals surface area (Å²) in [5, 5.41) is 14.0. The van der Waals surface area contributed by atoms with Gasteiger partial charge >= 0.3 is 0 Å². The minimum absolute atomic E-state index is 0.0294. The predicted molar refractivity (Wildman–Crippen MR) is 102 cm³/mol. The third-order valence-electron chi connectivity index (χ3n) is 3.80. The van der Waals surface area contributed by atoms with E-state index in [1.807, 2.05) is 49.4 Å². The number of ether oxygens (including phenoxy) is 2. The predicted octanol–water partition coefficient (Wildman–Crippen LogP) is 3.90. The van der Waals surface area contributed by atoms with Crippen LogP contribution in [0, 0.1) is 18.3 Å². The molecule has 1 heterocycles. The summed E-state index contributed by atoms with van der Waals surface area (Å²) in [6.07, 6.45) is 1.67. The molecular formula is C20H18N4O2. The molecule has 0 amide bonds. The highest BCUT2D eigenvalue weighted by Gasteiger charge is 2.05. The summed E-state index contributed by atoms with van der Waals surface area (Å²) >= 11 is 0. The van der Waals surface area contributed by atoms with Crippen molar-refractivity contribution in [1.29, 1.82) is 5.26 Å². The lowest BCUT2D eigenvalue weighted by Crippen LogP contribution is -1.98. The van der Waals surface area contributed by atoms with Gasteiger partial charge in [0.15, 0.2) is 18.1 Å². The van der Waals surface area contributed by atoms with Gasteiger partial charge in [0.1, 0.15) is 11.9 Å². The number of anilines is 1. The van der Waals surface area contributed by atoms with Crippen LogP contribution < -0.4 is 14.9 Å². The first-order valence-corrected chi connectivity index (χ1v) is 8.04. The van der Waals surface area contributed by atoms with Gasteiger partial charge in [-0.25, -0.2) is 4.98 Å². The van der Waals surface area contributed by atoms with Crippen molar-refractivity contribution in [2.45, 2.75) is 6.92 Å². The number of nitrogens with one attached hydrogen (secondary N) is 1. The van der Waals surface area contributed by atoms with Gasteiger partial charge in [-0.05, 0) is 48.4 Å². The molecule has 1 aromatic heterocycles. The summed E-state index contributed by atoms with van der Waals surface area (Å²) in [4.78, 5) is 4.55. The molecule has 0 bridgehead atoms. The van der Waals surface area contributed by atoms with Crippen molar-refractivity contribution >= 4 is 22.9 Å². The maximum atomic E-state index is 8.60. The Balaban J connectivity index is 1.75. The zero-order valence-corrected chi connectivity index (χ0v) is 14.6. The number of rotatable bonds is 6. The Morgan fingerprint density at radius 3 is 2.85 bits per heavy atom. The van der Waals surface area contributed by atoms with E-state index in [1.54, 1.807) is 25.5 Å². The molecule has 1 N–H and O–H groups in total. The number of nitriles is 1. The van der Waals surface area contributed by atoms with E-state index in [2.05, 4.69) is 15.5 Å².